The quantitative estimate of drug-likeness (QED) is 0.767. The van der Waals surface area contributed by atoms with E-state index in [1.54, 1.807) is 4.90 Å². The van der Waals surface area contributed by atoms with Crippen LogP contribution in [0.4, 0.5) is 5.69 Å². The second-order valence-corrected chi connectivity index (χ2v) is 6.87. The Bertz CT molecular complexity index is 669. The van der Waals surface area contributed by atoms with Crippen molar-refractivity contribution in [3.63, 3.8) is 0 Å². The Kier molecular flexibility index (Phi) is 6.75. The van der Waals surface area contributed by atoms with Gasteiger partial charge in [0.05, 0.1) is 6.54 Å². The summed E-state index contributed by atoms with van der Waals surface area (Å²) in [5.41, 5.74) is 2.26. The lowest BCUT2D eigenvalue weighted by Gasteiger charge is -2.35. The molecule has 1 aromatic carbocycles. The molecule has 0 saturated carbocycles. The molecule has 1 fully saturated rings. The van der Waals surface area contributed by atoms with E-state index in [0.717, 1.165) is 51.3 Å². The summed E-state index contributed by atoms with van der Waals surface area (Å²) in [6, 6.07) is 14.0. The van der Waals surface area contributed by atoms with Crippen LogP contribution in [0.5, 0.6) is 0 Å². The summed E-state index contributed by atoms with van der Waals surface area (Å²) in [4.78, 5) is 23.2. The fourth-order valence-corrected chi connectivity index (χ4v) is 3.32. The van der Waals surface area contributed by atoms with Crippen molar-refractivity contribution in [3.05, 3.63) is 60.4 Å². The molecule has 2 aromatic rings. The van der Waals surface area contributed by atoms with Crippen molar-refractivity contribution in [1.82, 2.24) is 14.8 Å². The molecule has 1 aliphatic heterocycles. The minimum Gasteiger partial charge on any atom is -0.314 e. The monoisotopic (exact) mass is 352 g/mol. The molecular weight excluding hydrogens is 324 g/mol. The van der Waals surface area contributed by atoms with Gasteiger partial charge >= 0.3 is 0 Å². The number of piperazine rings is 1. The van der Waals surface area contributed by atoms with Gasteiger partial charge in [-0.1, -0.05) is 24.3 Å². The average Bonchev–Trinajstić information content (AvgIpc) is 2.70. The highest BCUT2D eigenvalue weighted by molar-refractivity contribution is 5.94. The van der Waals surface area contributed by atoms with Crippen LogP contribution in [0.2, 0.25) is 0 Å². The van der Waals surface area contributed by atoms with E-state index in [4.69, 9.17) is 0 Å². The van der Waals surface area contributed by atoms with Gasteiger partial charge in [0.15, 0.2) is 0 Å². The van der Waals surface area contributed by atoms with Gasteiger partial charge < -0.3 is 9.80 Å². The zero-order chi connectivity index (χ0) is 18.2. The highest BCUT2D eigenvalue weighted by atomic mass is 16.2. The number of likely N-dealkylation sites (N-methyl/N-ethyl adjacent to an activating group) is 1. The first-order valence-corrected chi connectivity index (χ1v) is 9.37. The summed E-state index contributed by atoms with van der Waals surface area (Å²) in [5, 5.41) is 0. The van der Waals surface area contributed by atoms with Gasteiger partial charge in [-0.05, 0) is 43.1 Å². The van der Waals surface area contributed by atoms with E-state index in [1.165, 1.54) is 5.56 Å². The minimum absolute atomic E-state index is 0.154. The number of carbonyl (C=O) groups excluding carboxylic acids is 1. The number of hydrogen-bond acceptors (Lipinski definition) is 4. The van der Waals surface area contributed by atoms with Crippen LogP contribution in [0.25, 0.3) is 0 Å². The zero-order valence-corrected chi connectivity index (χ0v) is 15.6. The third kappa shape index (κ3) is 5.38. The Labute approximate surface area is 156 Å². The number of aryl methyl sites for hydroxylation is 1. The highest BCUT2D eigenvalue weighted by Gasteiger charge is 2.20. The second kappa shape index (κ2) is 9.46. The summed E-state index contributed by atoms with van der Waals surface area (Å²) >= 11 is 0. The summed E-state index contributed by atoms with van der Waals surface area (Å²) in [6.45, 7) is 5.60. The molecule has 0 atom stereocenters. The largest absolute Gasteiger partial charge is 0.314 e. The van der Waals surface area contributed by atoms with E-state index in [9.17, 15) is 4.79 Å². The molecule has 0 radical (unpaired) electrons. The second-order valence-electron chi connectivity index (χ2n) is 6.87. The smallest absolute Gasteiger partial charge is 0.240 e. The summed E-state index contributed by atoms with van der Waals surface area (Å²) in [7, 11) is 1.85. The first-order valence-electron chi connectivity index (χ1n) is 9.37. The van der Waals surface area contributed by atoms with Crippen molar-refractivity contribution < 1.29 is 4.79 Å². The van der Waals surface area contributed by atoms with Gasteiger partial charge in [0.2, 0.25) is 5.91 Å². The van der Waals surface area contributed by atoms with Crippen LogP contribution in [0, 0.1) is 0 Å². The number of carbonyl (C=O) groups is 1. The van der Waals surface area contributed by atoms with Gasteiger partial charge in [0.25, 0.3) is 0 Å². The van der Waals surface area contributed by atoms with Crippen LogP contribution in [0.1, 0.15) is 12.0 Å². The fourth-order valence-electron chi connectivity index (χ4n) is 3.32. The molecule has 1 amide bonds. The Morgan fingerprint density at radius 2 is 1.77 bits per heavy atom. The highest BCUT2D eigenvalue weighted by Crippen LogP contribution is 2.12. The molecule has 3 rings (SSSR count). The van der Waals surface area contributed by atoms with E-state index < -0.39 is 0 Å². The minimum atomic E-state index is 0.154. The number of benzene rings is 1. The average molecular weight is 352 g/mol. The summed E-state index contributed by atoms with van der Waals surface area (Å²) in [6.07, 6.45) is 6.00. The predicted octanol–water partition coefficient (Wildman–Crippen LogP) is 2.29. The molecule has 0 spiro atoms. The van der Waals surface area contributed by atoms with E-state index >= 15 is 0 Å². The normalized spacial score (nSPS) is 15.7. The molecule has 5 nitrogen and oxygen atoms in total. The van der Waals surface area contributed by atoms with Gasteiger partial charge in [-0.3, -0.25) is 14.7 Å². The summed E-state index contributed by atoms with van der Waals surface area (Å²) < 4.78 is 0. The third-order valence-electron chi connectivity index (χ3n) is 5.00. The first kappa shape index (κ1) is 18.5. The third-order valence-corrected chi connectivity index (χ3v) is 5.00. The molecule has 0 N–H and O–H groups in total. The van der Waals surface area contributed by atoms with Crippen LogP contribution in [-0.4, -0.2) is 67.0 Å². The molecule has 1 aromatic heterocycles. The van der Waals surface area contributed by atoms with Gasteiger partial charge in [0, 0.05) is 51.3 Å². The number of hydrogen-bond donors (Lipinski definition) is 0. The Morgan fingerprint density at radius 1 is 1.04 bits per heavy atom. The lowest BCUT2D eigenvalue weighted by molar-refractivity contribution is -0.119. The summed E-state index contributed by atoms with van der Waals surface area (Å²) in [5.74, 6) is 0.154. The Morgan fingerprint density at radius 3 is 2.46 bits per heavy atom. The molecule has 26 heavy (non-hydrogen) atoms. The fraction of sp³-hybridized carbons (Fsp3) is 0.429. The van der Waals surface area contributed by atoms with Crippen molar-refractivity contribution in [1.29, 1.82) is 0 Å². The number of anilines is 1. The molecule has 2 heterocycles. The standard InChI is InChI=1S/C21H28N4O/c1-23(20-9-3-2-4-10-20)21(26)18-25-15-13-24(14-16-25)12-6-8-19-7-5-11-22-17-19/h2-5,7,9-11,17H,6,8,12-16,18H2,1H3. The topological polar surface area (TPSA) is 39.7 Å². The Hall–Kier alpha value is -2.24. The van der Waals surface area contributed by atoms with Crippen LogP contribution < -0.4 is 4.90 Å². The zero-order valence-electron chi connectivity index (χ0n) is 15.6. The van der Waals surface area contributed by atoms with E-state index in [0.29, 0.717) is 6.54 Å². The van der Waals surface area contributed by atoms with Gasteiger partial charge in [0.1, 0.15) is 0 Å². The number of aromatic nitrogens is 1. The number of nitrogens with zero attached hydrogens (tertiary/aromatic N) is 4. The van der Waals surface area contributed by atoms with Crippen molar-refractivity contribution in [2.45, 2.75) is 12.8 Å². The van der Waals surface area contributed by atoms with Crippen LogP contribution >= 0.6 is 0 Å². The van der Waals surface area contributed by atoms with Crippen LogP contribution in [0.15, 0.2) is 54.9 Å². The molecule has 5 heteroatoms. The van der Waals surface area contributed by atoms with E-state index in [-0.39, 0.29) is 5.91 Å². The van der Waals surface area contributed by atoms with Gasteiger partial charge in [-0.25, -0.2) is 0 Å². The van der Waals surface area contributed by atoms with E-state index in [2.05, 4.69) is 20.9 Å². The van der Waals surface area contributed by atoms with Crippen molar-refractivity contribution in [3.8, 4) is 0 Å². The first-order chi connectivity index (χ1) is 12.7. The molecule has 0 aliphatic carbocycles. The van der Waals surface area contributed by atoms with Crippen LogP contribution in [0.3, 0.4) is 0 Å². The number of amides is 1. The van der Waals surface area contributed by atoms with Crippen molar-refractivity contribution >= 4 is 11.6 Å². The molecular formula is C21H28N4O. The van der Waals surface area contributed by atoms with Gasteiger partial charge in [-0.15, -0.1) is 0 Å². The predicted molar refractivity (Wildman–Crippen MR) is 105 cm³/mol. The molecule has 1 aliphatic rings. The molecule has 0 bridgehead atoms. The SMILES string of the molecule is CN(C(=O)CN1CCN(CCCc2cccnc2)CC1)c1ccccc1. The van der Waals surface area contributed by atoms with Crippen LogP contribution in [-0.2, 0) is 11.2 Å². The number of pyridine rings is 1. The van der Waals surface area contributed by atoms with Crippen molar-refractivity contribution in [2.24, 2.45) is 0 Å². The number of para-hydroxylation sites is 1. The number of rotatable bonds is 7. The molecule has 138 valence electrons. The molecule has 1 saturated heterocycles. The maximum Gasteiger partial charge on any atom is 0.240 e. The van der Waals surface area contributed by atoms with Gasteiger partial charge in [-0.2, -0.15) is 0 Å². The van der Waals surface area contributed by atoms with Crippen molar-refractivity contribution in [2.75, 3.05) is 51.2 Å². The lowest BCUT2D eigenvalue weighted by atomic mass is 10.1. The Balaban J connectivity index is 1.36. The lowest BCUT2D eigenvalue weighted by Crippen LogP contribution is -2.49. The van der Waals surface area contributed by atoms with E-state index in [1.807, 2.05) is 55.8 Å². The maximum atomic E-state index is 12.5. The molecule has 0 unspecified atom stereocenters. The maximum absolute atomic E-state index is 12.5.